The molecule has 0 saturated heterocycles. The van der Waals surface area contributed by atoms with Crippen LogP contribution in [0.15, 0.2) is 18.2 Å². The Labute approximate surface area is 117 Å². The number of amides is 1. The van der Waals surface area contributed by atoms with Crippen LogP contribution in [-0.2, 0) is 4.79 Å². The zero-order chi connectivity index (χ0) is 14.9. The van der Waals surface area contributed by atoms with E-state index in [1.165, 1.54) is 12.1 Å². The number of hydrogen-bond donors (Lipinski definition) is 2. The molecule has 0 unspecified atom stereocenters. The van der Waals surface area contributed by atoms with E-state index in [1.807, 2.05) is 7.05 Å². The van der Waals surface area contributed by atoms with Crippen LogP contribution < -0.4 is 10.6 Å². The van der Waals surface area contributed by atoms with Crippen LogP contribution in [0.4, 0.5) is 11.4 Å². The molecule has 1 aliphatic carbocycles. The van der Waals surface area contributed by atoms with Gasteiger partial charge in [0.15, 0.2) is 0 Å². The molecule has 0 bridgehead atoms. The number of carbonyl (C=O) groups is 2. The van der Waals surface area contributed by atoms with Crippen LogP contribution in [0.2, 0.25) is 0 Å². The van der Waals surface area contributed by atoms with Gasteiger partial charge < -0.3 is 20.6 Å². The molecule has 1 amide bonds. The molecule has 20 heavy (non-hydrogen) atoms. The number of nitrogen functional groups attached to an aromatic ring is 1. The van der Waals surface area contributed by atoms with Gasteiger partial charge in [-0.25, -0.2) is 4.79 Å². The zero-order valence-electron chi connectivity index (χ0n) is 11.7. The number of rotatable bonds is 5. The summed E-state index contributed by atoms with van der Waals surface area (Å²) in [5.41, 5.74) is 7.01. The summed E-state index contributed by atoms with van der Waals surface area (Å²) >= 11 is 0. The number of nitrogens with two attached hydrogens (primary N) is 1. The molecule has 0 radical (unpaired) electrons. The van der Waals surface area contributed by atoms with Crippen molar-refractivity contribution in [3.8, 4) is 0 Å². The molecule has 0 heterocycles. The third-order valence-corrected chi connectivity index (χ3v) is 3.55. The lowest BCUT2D eigenvalue weighted by atomic mass is 10.1. The largest absolute Gasteiger partial charge is 0.478 e. The van der Waals surface area contributed by atoms with Gasteiger partial charge in [0.05, 0.1) is 23.5 Å². The molecule has 6 nitrogen and oxygen atoms in total. The Kier molecular flexibility index (Phi) is 3.83. The van der Waals surface area contributed by atoms with Crippen molar-refractivity contribution in [3.05, 3.63) is 23.8 Å². The molecule has 1 aromatic rings. The lowest BCUT2D eigenvalue weighted by Crippen LogP contribution is -2.38. The highest BCUT2D eigenvalue weighted by atomic mass is 16.4. The number of carbonyl (C=O) groups excluding carboxylic acids is 1. The molecule has 0 atom stereocenters. The minimum Gasteiger partial charge on any atom is -0.478 e. The third kappa shape index (κ3) is 3.01. The molecule has 1 saturated carbocycles. The van der Waals surface area contributed by atoms with E-state index in [9.17, 15) is 9.59 Å². The topological polar surface area (TPSA) is 86.9 Å². The van der Waals surface area contributed by atoms with Gasteiger partial charge in [-0.15, -0.1) is 0 Å². The number of benzene rings is 1. The minimum atomic E-state index is -1.02. The van der Waals surface area contributed by atoms with E-state index in [0.717, 1.165) is 12.8 Å². The Morgan fingerprint density at radius 1 is 1.35 bits per heavy atom. The van der Waals surface area contributed by atoms with E-state index >= 15 is 0 Å². The lowest BCUT2D eigenvalue weighted by Gasteiger charge is -2.24. The van der Waals surface area contributed by atoms with Crippen molar-refractivity contribution >= 4 is 23.3 Å². The van der Waals surface area contributed by atoms with Crippen molar-refractivity contribution in [1.82, 2.24) is 4.90 Å². The van der Waals surface area contributed by atoms with Crippen LogP contribution in [0.3, 0.4) is 0 Å². The average Bonchev–Trinajstić information content (AvgIpc) is 3.21. The fourth-order valence-electron chi connectivity index (χ4n) is 2.10. The quantitative estimate of drug-likeness (QED) is 0.785. The van der Waals surface area contributed by atoms with Crippen LogP contribution in [0.5, 0.6) is 0 Å². The maximum Gasteiger partial charge on any atom is 0.335 e. The van der Waals surface area contributed by atoms with Gasteiger partial charge in [0.25, 0.3) is 0 Å². The van der Waals surface area contributed by atoms with E-state index in [1.54, 1.807) is 22.9 Å². The molecule has 0 aliphatic heterocycles. The number of anilines is 2. The number of carboxylic acids is 1. The van der Waals surface area contributed by atoms with Crippen LogP contribution >= 0.6 is 0 Å². The first kappa shape index (κ1) is 14.2. The second-order valence-electron chi connectivity index (χ2n) is 5.17. The van der Waals surface area contributed by atoms with E-state index in [4.69, 9.17) is 10.8 Å². The summed E-state index contributed by atoms with van der Waals surface area (Å²) in [6.07, 6.45) is 2.14. The van der Waals surface area contributed by atoms with Crippen molar-refractivity contribution in [2.75, 3.05) is 31.3 Å². The van der Waals surface area contributed by atoms with Gasteiger partial charge in [-0.05, 0) is 31.0 Å². The normalized spacial score (nSPS) is 13.9. The number of aromatic carboxylic acids is 1. The Morgan fingerprint density at radius 3 is 2.50 bits per heavy atom. The molecular formula is C14H19N3O3. The smallest absolute Gasteiger partial charge is 0.335 e. The predicted molar refractivity (Wildman–Crippen MR) is 76.9 cm³/mol. The van der Waals surface area contributed by atoms with E-state index in [2.05, 4.69) is 0 Å². The van der Waals surface area contributed by atoms with Crippen molar-refractivity contribution in [1.29, 1.82) is 0 Å². The van der Waals surface area contributed by atoms with Crippen molar-refractivity contribution < 1.29 is 14.7 Å². The number of carboxylic acid groups (broad SMARTS) is 1. The average molecular weight is 277 g/mol. The molecule has 6 heteroatoms. The Bertz CT molecular complexity index is 540. The Hall–Kier alpha value is -2.24. The maximum atomic E-state index is 12.0. The van der Waals surface area contributed by atoms with E-state index < -0.39 is 5.97 Å². The molecular weight excluding hydrogens is 258 g/mol. The van der Waals surface area contributed by atoms with Crippen LogP contribution in [0, 0.1) is 0 Å². The maximum absolute atomic E-state index is 12.0. The van der Waals surface area contributed by atoms with Crippen LogP contribution in [0.25, 0.3) is 0 Å². The number of hydrogen-bond acceptors (Lipinski definition) is 4. The Morgan fingerprint density at radius 2 is 2.00 bits per heavy atom. The Balaban J connectivity index is 2.06. The lowest BCUT2D eigenvalue weighted by molar-refractivity contribution is -0.128. The molecule has 1 aliphatic rings. The zero-order valence-corrected chi connectivity index (χ0v) is 11.7. The molecule has 0 spiro atoms. The van der Waals surface area contributed by atoms with Crippen LogP contribution in [-0.4, -0.2) is 48.6 Å². The molecule has 3 N–H and O–H groups in total. The molecule has 0 aromatic heterocycles. The van der Waals surface area contributed by atoms with Gasteiger partial charge in [-0.2, -0.15) is 0 Å². The highest BCUT2D eigenvalue weighted by molar-refractivity contribution is 5.91. The van der Waals surface area contributed by atoms with Crippen molar-refractivity contribution in [2.45, 2.75) is 18.9 Å². The first-order valence-corrected chi connectivity index (χ1v) is 6.49. The second kappa shape index (κ2) is 5.40. The van der Waals surface area contributed by atoms with Gasteiger partial charge in [0.2, 0.25) is 5.91 Å². The second-order valence-corrected chi connectivity index (χ2v) is 5.17. The summed E-state index contributed by atoms with van der Waals surface area (Å²) < 4.78 is 0. The fraction of sp³-hybridized carbons (Fsp3) is 0.429. The van der Waals surface area contributed by atoms with Gasteiger partial charge in [-0.1, -0.05) is 0 Å². The highest BCUT2D eigenvalue weighted by Gasteiger charge is 2.29. The van der Waals surface area contributed by atoms with Gasteiger partial charge >= 0.3 is 5.97 Å². The summed E-state index contributed by atoms with van der Waals surface area (Å²) in [5, 5.41) is 8.90. The van der Waals surface area contributed by atoms with Crippen molar-refractivity contribution in [2.24, 2.45) is 0 Å². The van der Waals surface area contributed by atoms with Crippen molar-refractivity contribution in [3.63, 3.8) is 0 Å². The van der Waals surface area contributed by atoms with Gasteiger partial charge in [0, 0.05) is 20.1 Å². The first-order chi connectivity index (χ1) is 9.40. The first-order valence-electron chi connectivity index (χ1n) is 6.49. The fourth-order valence-corrected chi connectivity index (χ4v) is 2.10. The standard InChI is InChI=1S/C14H19N3O3/c1-16(8-13(18)17(2)10-4-5-10)12-6-3-9(14(19)20)7-11(12)15/h3,6-7,10H,4-5,8,15H2,1-2H3,(H,19,20). The summed E-state index contributed by atoms with van der Waals surface area (Å²) in [6, 6.07) is 4.90. The summed E-state index contributed by atoms with van der Waals surface area (Å²) in [6.45, 7) is 0.226. The molecule has 108 valence electrons. The third-order valence-electron chi connectivity index (χ3n) is 3.55. The molecule has 2 rings (SSSR count). The number of nitrogens with zero attached hydrogens (tertiary/aromatic N) is 2. The molecule has 1 fully saturated rings. The monoisotopic (exact) mass is 277 g/mol. The highest BCUT2D eigenvalue weighted by Crippen LogP contribution is 2.27. The molecule has 1 aromatic carbocycles. The minimum absolute atomic E-state index is 0.0386. The predicted octanol–water partition coefficient (Wildman–Crippen LogP) is 1.02. The summed E-state index contributed by atoms with van der Waals surface area (Å²) in [7, 11) is 3.58. The van der Waals surface area contributed by atoms with Gasteiger partial charge in [-0.3, -0.25) is 4.79 Å². The van der Waals surface area contributed by atoms with Gasteiger partial charge in [0.1, 0.15) is 0 Å². The summed E-state index contributed by atoms with van der Waals surface area (Å²) in [4.78, 5) is 26.4. The van der Waals surface area contributed by atoms with E-state index in [-0.39, 0.29) is 18.0 Å². The van der Waals surface area contributed by atoms with E-state index in [0.29, 0.717) is 17.4 Å². The number of likely N-dealkylation sites (N-methyl/N-ethyl adjacent to an activating group) is 2. The van der Waals surface area contributed by atoms with Crippen LogP contribution in [0.1, 0.15) is 23.2 Å². The summed E-state index contributed by atoms with van der Waals surface area (Å²) in [5.74, 6) is -0.979. The SMILES string of the molecule is CN(CC(=O)N(C)C1CC1)c1ccc(C(=O)O)cc1N.